The summed E-state index contributed by atoms with van der Waals surface area (Å²) in [5.74, 6) is 0.0449. The van der Waals surface area contributed by atoms with Crippen molar-refractivity contribution in [3.05, 3.63) is 45.8 Å². The van der Waals surface area contributed by atoms with Gasteiger partial charge in [0.05, 0.1) is 16.0 Å². The van der Waals surface area contributed by atoms with E-state index < -0.39 is 0 Å². The molecular weight excluding hydrogens is 316 g/mol. The second-order valence-electron chi connectivity index (χ2n) is 6.64. The first kappa shape index (κ1) is 15.3. The van der Waals surface area contributed by atoms with Gasteiger partial charge in [-0.25, -0.2) is 0 Å². The number of aromatic amines is 1. The Morgan fingerprint density at radius 3 is 2.46 bits per heavy atom. The summed E-state index contributed by atoms with van der Waals surface area (Å²) in [5.41, 5.74) is 13.4. The minimum atomic E-state index is 0.0449. The topological polar surface area (TPSA) is 57.2 Å². The van der Waals surface area contributed by atoms with E-state index in [0.29, 0.717) is 10.6 Å². The first-order valence-electron chi connectivity index (χ1n) is 8.43. The van der Waals surface area contributed by atoms with Crippen molar-refractivity contribution in [1.82, 2.24) is 0 Å². The van der Waals surface area contributed by atoms with Crippen molar-refractivity contribution < 1.29 is 9.78 Å². The van der Waals surface area contributed by atoms with Crippen LogP contribution in [0.4, 0.5) is 5.69 Å². The average Bonchev–Trinajstić information content (AvgIpc) is 2.92. The molecule has 0 bridgehead atoms. The van der Waals surface area contributed by atoms with Crippen LogP contribution in [-0.2, 0) is 12.8 Å². The molecule has 122 valence electrons. The summed E-state index contributed by atoms with van der Waals surface area (Å²) in [7, 11) is 0. The first-order chi connectivity index (χ1) is 11.6. The molecular formula is C20H21N2OS+. The number of thiophene rings is 1. The Morgan fingerprint density at radius 2 is 1.79 bits per heavy atom. The largest absolute Gasteiger partial charge is 0.397 e. The third kappa shape index (κ3) is 2.33. The maximum absolute atomic E-state index is 11.9. The Hall–Kier alpha value is -2.20. The predicted molar refractivity (Wildman–Crippen MR) is 99.6 cm³/mol. The number of rotatable bonds is 2. The van der Waals surface area contributed by atoms with Gasteiger partial charge in [-0.3, -0.25) is 4.79 Å². The normalized spacial score (nSPS) is 13.9. The van der Waals surface area contributed by atoms with Crippen LogP contribution in [0.25, 0.3) is 21.5 Å². The van der Waals surface area contributed by atoms with Gasteiger partial charge in [-0.1, -0.05) is 29.0 Å². The van der Waals surface area contributed by atoms with Crippen LogP contribution in [0.15, 0.2) is 24.3 Å². The summed E-state index contributed by atoms with van der Waals surface area (Å²) in [5, 5.41) is 1.08. The van der Waals surface area contributed by atoms with Gasteiger partial charge >= 0.3 is 0 Å². The van der Waals surface area contributed by atoms with Gasteiger partial charge < -0.3 is 5.73 Å². The van der Waals surface area contributed by atoms with Crippen LogP contribution in [0.5, 0.6) is 0 Å². The number of carbonyl (C=O) groups excluding carboxylic acids is 1. The zero-order valence-electron chi connectivity index (χ0n) is 14.0. The number of nitrogens with two attached hydrogens (primary N) is 1. The molecule has 3 N–H and O–H groups in total. The molecule has 0 atom stereocenters. The zero-order valence-corrected chi connectivity index (χ0v) is 14.8. The van der Waals surface area contributed by atoms with Crippen LogP contribution in [0.2, 0.25) is 0 Å². The van der Waals surface area contributed by atoms with E-state index in [-0.39, 0.29) is 5.78 Å². The average molecular weight is 337 g/mol. The number of anilines is 1. The van der Waals surface area contributed by atoms with E-state index >= 15 is 0 Å². The van der Waals surface area contributed by atoms with E-state index in [1.807, 2.05) is 0 Å². The standard InChI is InChI=1S/C20H20N2OS/c1-11-7-9-13(10-8-11)18-15-6-4-3-5-14(15)16-17(21)19(12(2)23)24-20(16)22-18/h7-10H,3-6,21H2,1-2H3/p+1. The van der Waals surface area contributed by atoms with Gasteiger partial charge in [-0.05, 0) is 50.3 Å². The van der Waals surface area contributed by atoms with Crippen molar-refractivity contribution in [2.45, 2.75) is 39.5 Å². The third-order valence-electron chi connectivity index (χ3n) is 4.92. The van der Waals surface area contributed by atoms with Crippen LogP contribution in [0.3, 0.4) is 0 Å². The van der Waals surface area contributed by atoms with Crippen LogP contribution >= 0.6 is 11.3 Å². The summed E-state index contributed by atoms with van der Waals surface area (Å²) >= 11 is 1.49. The second kappa shape index (κ2) is 5.71. The lowest BCUT2D eigenvalue weighted by Crippen LogP contribution is -2.16. The van der Waals surface area contributed by atoms with Gasteiger partial charge in [0.15, 0.2) is 5.78 Å². The molecule has 1 aromatic carbocycles. The maximum Gasteiger partial charge on any atom is 0.270 e. The van der Waals surface area contributed by atoms with Crippen molar-refractivity contribution in [2.75, 3.05) is 5.73 Å². The molecule has 0 amide bonds. The van der Waals surface area contributed by atoms with E-state index in [1.165, 1.54) is 52.1 Å². The first-order valence-corrected chi connectivity index (χ1v) is 9.25. The summed E-state index contributed by atoms with van der Waals surface area (Å²) in [4.78, 5) is 17.2. The van der Waals surface area contributed by atoms with E-state index in [9.17, 15) is 4.79 Å². The van der Waals surface area contributed by atoms with Crippen LogP contribution in [0, 0.1) is 6.92 Å². The highest BCUT2D eigenvalue weighted by Gasteiger charge is 2.28. The van der Waals surface area contributed by atoms with Gasteiger partial charge in [0.1, 0.15) is 0 Å². The Morgan fingerprint density at radius 1 is 1.12 bits per heavy atom. The molecule has 0 fully saturated rings. The minimum Gasteiger partial charge on any atom is -0.397 e. The molecule has 0 unspecified atom stereocenters. The third-order valence-corrected chi connectivity index (χ3v) is 6.14. The van der Waals surface area contributed by atoms with Crippen molar-refractivity contribution in [3.63, 3.8) is 0 Å². The number of hydrogen-bond acceptors (Lipinski definition) is 3. The Bertz CT molecular complexity index is 954. The SMILES string of the molecule is CC(=O)c1sc2[nH+]c(-c3ccc(C)cc3)c3c(c2c1N)CCCC3. The molecule has 0 saturated carbocycles. The van der Waals surface area contributed by atoms with Crippen LogP contribution in [-0.4, -0.2) is 5.78 Å². The number of hydrogen-bond donors (Lipinski definition) is 1. The number of benzene rings is 1. The molecule has 3 aromatic rings. The molecule has 1 aliphatic carbocycles. The molecule has 4 heteroatoms. The number of Topliss-reactive ketones (excluding diaryl/α,β-unsaturated/α-hetero) is 1. The lowest BCUT2D eigenvalue weighted by molar-refractivity contribution is -0.328. The minimum absolute atomic E-state index is 0.0449. The van der Waals surface area contributed by atoms with Gasteiger partial charge in [0.25, 0.3) is 4.83 Å². The number of aryl methyl sites for hydroxylation is 2. The number of nitrogen functional groups attached to an aromatic ring is 1. The highest BCUT2D eigenvalue weighted by molar-refractivity contribution is 7.20. The van der Waals surface area contributed by atoms with Gasteiger partial charge in [-0.15, -0.1) is 0 Å². The van der Waals surface area contributed by atoms with Crippen LogP contribution < -0.4 is 10.7 Å². The van der Waals surface area contributed by atoms with Crippen molar-refractivity contribution in [1.29, 1.82) is 0 Å². The molecule has 24 heavy (non-hydrogen) atoms. The Labute approximate surface area is 145 Å². The van der Waals surface area contributed by atoms with Crippen molar-refractivity contribution in [2.24, 2.45) is 0 Å². The number of H-pyrrole nitrogens is 1. The second-order valence-corrected chi connectivity index (χ2v) is 7.66. The number of aromatic nitrogens is 1. The van der Waals surface area contributed by atoms with E-state index in [4.69, 9.17) is 5.73 Å². The smallest absolute Gasteiger partial charge is 0.270 e. The molecule has 4 rings (SSSR count). The number of pyridine rings is 1. The van der Waals surface area contributed by atoms with Crippen LogP contribution in [0.1, 0.15) is 46.1 Å². The molecule has 0 aliphatic heterocycles. The van der Waals surface area contributed by atoms with Gasteiger partial charge in [0, 0.05) is 18.1 Å². The summed E-state index contributed by atoms with van der Waals surface area (Å²) in [6.45, 7) is 3.69. The van der Waals surface area contributed by atoms with Gasteiger partial charge in [-0.2, -0.15) is 4.98 Å². The summed E-state index contributed by atoms with van der Waals surface area (Å²) in [6, 6.07) is 8.63. The fourth-order valence-electron chi connectivity index (χ4n) is 3.71. The number of carbonyl (C=O) groups is 1. The fraction of sp³-hybridized carbons (Fsp3) is 0.300. The molecule has 2 heterocycles. The highest BCUT2D eigenvalue weighted by Crippen LogP contribution is 2.40. The Kier molecular flexibility index (Phi) is 3.65. The molecule has 1 aliphatic rings. The monoisotopic (exact) mass is 337 g/mol. The van der Waals surface area contributed by atoms with E-state index in [2.05, 4.69) is 36.2 Å². The number of nitrogens with one attached hydrogen (secondary N) is 1. The molecule has 2 aromatic heterocycles. The number of fused-ring (bicyclic) bond motifs is 3. The summed E-state index contributed by atoms with van der Waals surface area (Å²) in [6.07, 6.45) is 4.49. The highest BCUT2D eigenvalue weighted by atomic mass is 32.1. The predicted octanol–water partition coefficient (Wildman–Crippen LogP) is 4.35. The molecule has 0 radical (unpaired) electrons. The molecule has 0 spiro atoms. The summed E-state index contributed by atoms with van der Waals surface area (Å²) < 4.78 is 0. The Balaban J connectivity index is 2.04. The quantitative estimate of drug-likeness (QED) is 0.707. The van der Waals surface area contributed by atoms with Gasteiger partial charge in [0.2, 0.25) is 5.69 Å². The maximum atomic E-state index is 11.9. The van der Waals surface area contributed by atoms with E-state index in [1.54, 1.807) is 6.92 Å². The molecule has 0 saturated heterocycles. The van der Waals surface area contributed by atoms with Crippen molar-refractivity contribution in [3.8, 4) is 11.3 Å². The number of ketones is 1. The molecule has 3 nitrogen and oxygen atoms in total. The van der Waals surface area contributed by atoms with E-state index in [0.717, 1.165) is 23.1 Å². The van der Waals surface area contributed by atoms with Crippen molar-refractivity contribution >= 4 is 33.0 Å². The fourth-order valence-corrected chi connectivity index (χ4v) is 4.75. The lowest BCUT2D eigenvalue weighted by Gasteiger charge is -2.17. The zero-order chi connectivity index (χ0) is 16.8. The lowest BCUT2D eigenvalue weighted by atomic mass is 9.87.